The number of aryl methyl sites for hydroxylation is 2. The number of fused-ring (bicyclic) bond motifs is 1. The van der Waals surface area contributed by atoms with Crippen molar-refractivity contribution in [3.8, 4) is 0 Å². The van der Waals surface area contributed by atoms with Gasteiger partial charge in [-0.15, -0.1) is 11.3 Å². The summed E-state index contributed by atoms with van der Waals surface area (Å²) < 4.78 is 0. The molecule has 3 rings (SSSR count). The summed E-state index contributed by atoms with van der Waals surface area (Å²) in [5.41, 5.74) is 3.56. The average molecular weight is 314 g/mol. The van der Waals surface area contributed by atoms with Gasteiger partial charge in [0.2, 0.25) is 5.91 Å². The third-order valence-electron chi connectivity index (χ3n) is 3.90. The van der Waals surface area contributed by atoms with Crippen LogP contribution in [-0.2, 0) is 11.2 Å². The molecule has 1 aromatic heterocycles. The topological polar surface area (TPSA) is 49.4 Å². The molecule has 0 aliphatic carbocycles. The van der Waals surface area contributed by atoms with Gasteiger partial charge in [-0.1, -0.05) is 0 Å². The molecule has 4 nitrogen and oxygen atoms in total. The van der Waals surface area contributed by atoms with Crippen LogP contribution in [0.5, 0.6) is 0 Å². The van der Waals surface area contributed by atoms with Gasteiger partial charge in [-0.2, -0.15) is 0 Å². The van der Waals surface area contributed by atoms with E-state index in [1.165, 1.54) is 0 Å². The van der Waals surface area contributed by atoms with Crippen LogP contribution in [0.4, 0.5) is 11.4 Å². The minimum Gasteiger partial charge on any atom is -0.322 e. The van der Waals surface area contributed by atoms with Crippen LogP contribution >= 0.6 is 11.3 Å². The Morgan fingerprint density at radius 2 is 2.00 bits per heavy atom. The maximum absolute atomic E-state index is 12.4. The van der Waals surface area contributed by atoms with Crippen molar-refractivity contribution < 1.29 is 9.59 Å². The number of anilines is 2. The minimum atomic E-state index is -0.0804. The number of rotatable bonds is 2. The zero-order valence-corrected chi connectivity index (χ0v) is 13.7. The molecule has 0 spiro atoms. The van der Waals surface area contributed by atoms with Gasteiger partial charge in [0.1, 0.15) is 0 Å². The first-order valence-corrected chi connectivity index (χ1v) is 8.07. The van der Waals surface area contributed by atoms with Crippen LogP contribution in [-0.4, -0.2) is 18.4 Å². The summed E-state index contributed by atoms with van der Waals surface area (Å²) in [5, 5.41) is 2.95. The standard InChI is InChI=1S/C17H18N2O2S/c1-10-8-15(11(2)22-10)17(21)18-14-4-5-16-13(9-14)6-7-19(16)12(3)20/h4-5,8-9H,6-7H2,1-3H3,(H,18,21). The third-order valence-corrected chi connectivity index (χ3v) is 4.86. The second-order valence-electron chi connectivity index (χ2n) is 5.55. The van der Waals surface area contributed by atoms with Crippen molar-refractivity contribution in [3.05, 3.63) is 45.1 Å². The van der Waals surface area contributed by atoms with Gasteiger partial charge in [-0.25, -0.2) is 0 Å². The van der Waals surface area contributed by atoms with Crippen LogP contribution in [0.2, 0.25) is 0 Å². The molecule has 5 heteroatoms. The number of benzene rings is 1. The smallest absolute Gasteiger partial charge is 0.256 e. The average Bonchev–Trinajstić information content (AvgIpc) is 3.01. The van der Waals surface area contributed by atoms with Crippen molar-refractivity contribution in [2.45, 2.75) is 27.2 Å². The molecule has 114 valence electrons. The van der Waals surface area contributed by atoms with Crippen molar-refractivity contribution >= 4 is 34.5 Å². The van der Waals surface area contributed by atoms with Gasteiger partial charge in [0, 0.05) is 34.6 Å². The Bertz CT molecular complexity index is 764. The lowest BCUT2D eigenvalue weighted by Crippen LogP contribution is -2.25. The number of carbonyl (C=O) groups is 2. The highest BCUT2D eigenvalue weighted by atomic mass is 32.1. The Morgan fingerprint density at radius 3 is 2.64 bits per heavy atom. The van der Waals surface area contributed by atoms with E-state index in [-0.39, 0.29) is 11.8 Å². The first-order chi connectivity index (χ1) is 10.5. The molecule has 0 saturated carbocycles. The van der Waals surface area contributed by atoms with Crippen molar-refractivity contribution in [2.24, 2.45) is 0 Å². The summed E-state index contributed by atoms with van der Waals surface area (Å²) in [6, 6.07) is 7.64. The molecule has 0 fully saturated rings. The molecule has 1 aromatic carbocycles. The van der Waals surface area contributed by atoms with E-state index in [1.54, 1.807) is 23.2 Å². The number of nitrogens with zero attached hydrogens (tertiary/aromatic N) is 1. The van der Waals surface area contributed by atoms with E-state index in [0.717, 1.165) is 38.7 Å². The monoisotopic (exact) mass is 314 g/mol. The van der Waals surface area contributed by atoms with Gasteiger partial charge < -0.3 is 10.2 Å². The van der Waals surface area contributed by atoms with Crippen molar-refractivity contribution in [2.75, 3.05) is 16.8 Å². The Hall–Kier alpha value is -2.14. The highest BCUT2D eigenvalue weighted by molar-refractivity contribution is 7.12. The second kappa shape index (κ2) is 5.57. The molecule has 0 atom stereocenters. The fraction of sp³-hybridized carbons (Fsp3) is 0.294. The van der Waals surface area contributed by atoms with E-state index in [4.69, 9.17) is 0 Å². The maximum Gasteiger partial charge on any atom is 0.256 e. The minimum absolute atomic E-state index is 0.0555. The molecule has 2 heterocycles. The number of amides is 2. The molecule has 1 N–H and O–H groups in total. The Kier molecular flexibility index (Phi) is 3.74. The first-order valence-electron chi connectivity index (χ1n) is 7.25. The van der Waals surface area contributed by atoms with Gasteiger partial charge >= 0.3 is 0 Å². The zero-order chi connectivity index (χ0) is 15.9. The number of hydrogen-bond acceptors (Lipinski definition) is 3. The highest BCUT2D eigenvalue weighted by Gasteiger charge is 2.22. The van der Waals surface area contributed by atoms with Gasteiger partial charge in [-0.3, -0.25) is 9.59 Å². The fourth-order valence-electron chi connectivity index (χ4n) is 2.86. The van der Waals surface area contributed by atoms with Crippen molar-refractivity contribution in [3.63, 3.8) is 0 Å². The van der Waals surface area contributed by atoms with Crippen LogP contribution in [0, 0.1) is 13.8 Å². The summed E-state index contributed by atoms with van der Waals surface area (Å²) in [5.74, 6) is -0.0249. The summed E-state index contributed by atoms with van der Waals surface area (Å²) >= 11 is 1.63. The Labute approximate surface area is 133 Å². The molecule has 2 amide bonds. The summed E-state index contributed by atoms with van der Waals surface area (Å²) in [7, 11) is 0. The largest absolute Gasteiger partial charge is 0.322 e. The SMILES string of the molecule is CC(=O)N1CCc2cc(NC(=O)c3cc(C)sc3C)ccc21. The number of nitrogens with one attached hydrogen (secondary N) is 1. The van der Waals surface area contributed by atoms with Gasteiger partial charge in [0.15, 0.2) is 0 Å². The molecular weight excluding hydrogens is 296 g/mol. The first kappa shape index (κ1) is 14.8. The molecule has 1 aliphatic heterocycles. The predicted octanol–water partition coefficient (Wildman–Crippen LogP) is 3.53. The van der Waals surface area contributed by atoms with Crippen molar-refractivity contribution in [1.82, 2.24) is 0 Å². The summed E-state index contributed by atoms with van der Waals surface area (Å²) in [6.45, 7) is 6.25. The number of hydrogen-bond donors (Lipinski definition) is 1. The molecule has 0 unspecified atom stereocenters. The normalized spacial score (nSPS) is 13.1. The molecule has 1 aliphatic rings. The lowest BCUT2D eigenvalue weighted by atomic mass is 10.1. The second-order valence-corrected chi connectivity index (χ2v) is 7.01. The Balaban J connectivity index is 1.81. The van der Waals surface area contributed by atoms with Crippen LogP contribution in [0.25, 0.3) is 0 Å². The van der Waals surface area contributed by atoms with E-state index in [2.05, 4.69) is 5.32 Å². The fourth-order valence-corrected chi connectivity index (χ4v) is 3.78. The molecule has 22 heavy (non-hydrogen) atoms. The highest BCUT2D eigenvalue weighted by Crippen LogP contribution is 2.31. The van der Waals surface area contributed by atoms with Crippen LogP contribution in [0.1, 0.15) is 32.6 Å². The van der Waals surface area contributed by atoms with Crippen molar-refractivity contribution in [1.29, 1.82) is 0 Å². The van der Waals surface area contributed by atoms with Gasteiger partial charge in [0.05, 0.1) is 5.56 Å². The Morgan fingerprint density at radius 1 is 1.23 bits per heavy atom. The van der Waals surface area contributed by atoms with E-state index in [1.807, 2.05) is 38.1 Å². The zero-order valence-electron chi connectivity index (χ0n) is 12.9. The summed E-state index contributed by atoms with van der Waals surface area (Å²) in [6.07, 6.45) is 0.829. The van der Waals surface area contributed by atoms with E-state index in [9.17, 15) is 9.59 Å². The third kappa shape index (κ3) is 2.64. The predicted molar refractivity (Wildman–Crippen MR) is 89.9 cm³/mol. The quantitative estimate of drug-likeness (QED) is 0.922. The molecular formula is C17H18N2O2S. The van der Waals surface area contributed by atoms with E-state index >= 15 is 0 Å². The molecule has 0 radical (unpaired) electrons. The molecule has 0 bridgehead atoms. The van der Waals surface area contributed by atoms with Gasteiger partial charge in [0.25, 0.3) is 5.91 Å². The lowest BCUT2D eigenvalue weighted by molar-refractivity contribution is -0.116. The van der Waals surface area contributed by atoms with E-state index in [0.29, 0.717) is 6.54 Å². The molecule has 2 aromatic rings. The van der Waals surface area contributed by atoms with E-state index < -0.39 is 0 Å². The lowest BCUT2D eigenvalue weighted by Gasteiger charge is -2.15. The van der Waals surface area contributed by atoms with Crippen LogP contribution in [0.3, 0.4) is 0 Å². The summed E-state index contributed by atoms with van der Waals surface area (Å²) in [4.78, 5) is 27.8. The van der Waals surface area contributed by atoms with Gasteiger partial charge in [-0.05, 0) is 50.1 Å². The number of carbonyl (C=O) groups excluding carboxylic acids is 2. The van der Waals surface area contributed by atoms with Crippen LogP contribution < -0.4 is 10.2 Å². The number of thiophene rings is 1. The molecule has 0 saturated heterocycles. The van der Waals surface area contributed by atoms with Crippen LogP contribution in [0.15, 0.2) is 24.3 Å². The maximum atomic E-state index is 12.4.